The Morgan fingerprint density at radius 3 is 2.59 bits per heavy atom. The Bertz CT molecular complexity index is 634. The van der Waals surface area contributed by atoms with Crippen molar-refractivity contribution in [1.29, 1.82) is 5.26 Å². The van der Waals surface area contributed by atoms with Crippen molar-refractivity contribution < 1.29 is 19.4 Å². The Morgan fingerprint density at radius 2 is 2.09 bits per heavy atom. The van der Waals surface area contributed by atoms with Gasteiger partial charge in [0.25, 0.3) is 5.91 Å². The molecular weight excluding hydrogens is 335 g/mol. The molecule has 0 unspecified atom stereocenters. The molecule has 0 fully saturated rings. The number of alkyl carbamates (subject to hydrolysis) is 1. The first-order valence-electron chi connectivity index (χ1n) is 5.78. The van der Waals surface area contributed by atoms with Crippen LogP contribution >= 0.6 is 23.2 Å². The molecule has 1 rings (SSSR count). The molecule has 0 spiro atoms. The smallest absolute Gasteiger partial charge is 0.414 e. The molecule has 8 nitrogen and oxygen atoms in total. The third kappa shape index (κ3) is 4.80. The molecule has 0 aliphatic heterocycles. The van der Waals surface area contributed by atoms with Crippen molar-refractivity contribution in [2.45, 2.75) is 6.92 Å². The summed E-state index contributed by atoms with van der Waals surface area (Å²) in [6.07, 6.45) is 1.44. The van der Waals surface area contributed by atoms with E-state index in [0.717, 1.165) is 5.01 Å². The maximum atomic E-state index is 11.4. The topological polar surface area (TPSA) is 115 Å². The maximum Gasteiger partial charge on any atom is 0.414 e. The van der Waals surface area contributed by atoms with Crippen LogP contribution in [0, 0.1) is 11.5 Å². The second-order valence-corrected chi connectivity index (χ2v) is 4.44. The van der Waals surface area contributed by atoms with E-state index in [9.17, 15) is 14.7 Å². The monoisotopic (exact) mass is 344 g/mol. The number of hydrogen-bond donors (Lipinski definition) is 2. The van der Waals surface area contributed by atoms with Crippen LogP contribution in [0.15, 0.2) is 17.2 Å². The van der Waals surface area contributed by atoms with E-state index in [0.29, 0.717) is 6.21 Å². The molecule has 0 saturated heterocycles. The van der Waals surface area contributed by atoms with Crippen molar-refractivity contribution >= 4 is 47.1 Å². The van der Waals surface area contributed by atoms with Crippen LogP contribution in [0.25, 0.3) is 0 Å². The fourth-order valence-corrected chi connectivity index (χ4v) is 1.71. The molecule has 2 N–H and O–H groups in total. The number of ether oxygens (including phenoxy) is 1. The van der Waals surface area contributed by atoms with Gasteiger partial charge in [-0.1, -0.05) is 23.2 Å². The molecule has 0 aliphatic rings. The molecule has 0 aliphatic carbocycles. The second-order valence-electron chi connectivity index (χ2n) is 3.62. The Morgan fingerprint density at radius 1 is 1.50 bits per heavy atom. The van der Waals surface area contributed by atoms with Gasteiger partial charge in [0, 0.05) is 0 Å². The molecule has 0 atom stereocenters. The number of amides is 2. The van der Waals surface area contributed by atoms with Gasteiger partial charge in [-0.25, -0.2) is 4.79 Å². The van der Waals surface area contributed by atoms with Gasteiger partial charge < -0.3 is 9.84 Å². The second kappa shape index (κ2) is 8.07. The number of nitrogens with one attached hydrogen (secondary N) is 1. The molecule has 0 bridgehead atoms. The number of carbonyl (C=O) groups is 2. The summed E-state index contributed by atoms with van der Waals surface area (Å²) in [5, 5.41) is 24.4. The van der Waals surface area contributed by atoms with Gasteiger partial charge in [-0.05, 0) is 19.1 Å². The largest absolute Gasteiger partial charge is 0.505 e. The standard InChI is InChI=1S/C12H10Cl2N4O4/c1-2-22-12(21)17-10(19)5-16-18(6-15)7-3-8(13)11(20)9(14)4-7/h3-5,20H,2H2,1H3,(H,17,19,21)/b16-5-. The Balaban J connectivity index is 2.86. The number of nitrogens with zero attached hydrogens (tertiary/aromatic N) is 3. The number of benzene rings is 1. The van der Waals surface area contributed by atoms with Crippen LogP contribution in [0.2, 0.25) is 10.0 Å². The number of carbonyl (C=O) groups excluding carboxylic acids is 2. The van der Waals surface area contributed by atoms with E-state index >= 15 is 0 Å². The number of phenolic OH excluding ortho intramolecular Hbond substituents is 1. The number of halogens is 2. The third-order valence-corrected chi connectivity index (χ3v) is 2.71. The number of hydrogen-bond acceptors (Lipinski definition) is 7. The van der Waals surface area contributed by atoms with Crippen LogP contribution in [0.1, 0.15) is 6.92 Å². The molecule has 2 amide bonds. The van der Waals surface area contributed by atoms with Gasteiger partial charge in [0.2, 0.25) is 6.19 Å². The first-order valence-corrected chi connectivity index (χ1v) is 6.54. The minimum absolute atomic E-state index is 0.0890. The fourth-order valence-electron chi connectivity index (χ4n) is 1.23. The summed E-state index contributed by atoms with van der Waals surface area (Å²) in [7, 11) is 0. The number of hydrazone groups is 1. The van der Waals surface area contributed by atoms with E-state index in [-0.39, 0.29) is 28.1 Å². The molecule has 10 heteroatoms. The minimum atomic E-state index is -0.932. The maximum absolute atomic E-state index is 11.4. The first kappa shape index (κ1) is 17.6. The highest BCUT2D eigenvalue weighted by atomic mass is 35.5. The fraction of sp³-hybridized carbons (Fsp3) is 0.167. The molecule has 1 aromatic carbocycles. The lowest BCUT2D eigenvalue weighted by atomic mass is 10.3. The highest BCUT2D eigenvalue weighted by molar-refractivity contribution is 6.37. The number of imide groups is 1. The number of phenols is 1. The van der Waals surface area contributed by atoms with Gasteiger partial charge in [0.15, 0.2) is 5.75 Å². The van der Waals surface area contributed by atoms with Gasteiger partial charge >= 0.3 is 6.09 Å². The van der Waals surface area contributed by atoms with Crippen LogP contribution in [0.5, 0.6) is 5.75 Å². The molecule has 116 valence electrons. The predicted octanol–water partition coefficient (Wildman–Crippen LogP) is 2.24. The highest BCUT2D eigenvalue weighted by Gasteiger charge is 2.12. The average Bonchev–Trinajstić information content (AvgIpc) is 2.45. The Labute approximate surface area is 135 Å². The number of nitriles is 1. The van der Waals surface area contributed by atoms with Gasteiger partial charge in [-0.2, -0.15) is 15.4 Å². The minimum Gasteiger partial charge on any atom is -0.505 e. The van der Waals surface area contributed by atoms with Crippen LogP contribution in [-0.2, 0) is 9.53 Å². The van der Waals surface area contributed by atoms with E-state index in [1.807, 2.05) is 5.32 Å². The van der Waals surface area contributed by atoms with E-state index in [2.05, 4.69) is 9.84 Å². The van der Waals surface area contributed by atoms with Gasteiger partial charge in [0.1, 0.15) is 6.21 Å². The highest BCUT2D eigenvalue weighted by Crippen LogP contribution is 2.35. The van der Waals surface area contributed by atoms with E-state index in [1.54, 1.807) is 13.1 Å². The SMILES string of the molecule is CCOC(=O)NC(=O)/C=N\N(C#N)c1cc(Cl)c(O)c(Cl)c1. The van der Waals surface area contributed by atoms with Crippen molar-refractivity contribution in [3.8, 4) is 11.9 Å². The molecular formula is C12H10Cl2N4O4. The van der Waals surface area contributed by atoms with Crippen LogP contribution in [0.3, 0.4) is 0 Å². The summed E-state index contributed by atoms with van der Waals surface area (Å²) >= 11 is 11.4. The summed E-state index contributed by atoms with van der Waals surface area (Å²) in [5.74, 6) is -1.22. The zero-order valence-corrected chi connectivity index (χ0v) is 12.7. The van der Waals surface area contributed by atoms with Gasteiger partial charge in [0.05, 0.1) is 22.3 Å². The lowest BCUT2D eigenvalue weighted by molar-refractivity contribution is -0.113. The van der Waals surface area contributed by atoms with E-state index in [1.165, 1.54) is 12.1 Å². The summed E-state index contributed by atoms with van der Waals surface area (Å²) in [6.45, 7) is 1.68. The third-order valence-electron chi connectivity index (χ3n) is 2.13. The number of anilines is 1. The predicted molar refractivity (Wildman–Crippen MR) is 79.9 cm³/mol. The molecule has 0 aromatic heterocycles. The number of rotatable bonds is 4. The Hall–Kier alpha value is -2.50. The zero-order valence-electron chi connectivity index (χ0n) is 11.2. The van der Waals surface area contributed by atoms with Crippen molar-refractivity contribution in [1.82, 2.24) is 5.32 Å². The molecule has 0 saturated carbocycles. The molecule has 0 radical (unpaired) electrons. The van der Waals surface area contributed by atoms with Crippen molar-refractivity contribution in [2.24, 2.45) is 5.10 Å². The summed E-state index contributed by atoms with van der Waals surface area (Å²) in [5.41, 5.74) is 0.121. The summed E-state index contributed by atoms with van der Waals surface area (Å²) in [4.78, 5) is 22.4. The van der Waals surface area contributed by atoms with Crippen molar-refractivity contribution in [2.75, 3.05) is 11.6 Å². The lowest BCUT2D eigenvalue weighted by Crippen LogP contribution is -2.32. The molecule has 0 heterocycles. The molecule has 1 aromatic rings. The summed E-state index contributed by atoms with van der Waals surface area (Å²) in [6, 6.07) is 2.46. The average molecular weight is 345 g/mol. The van der Waals surface area contributed by atoms with E-state index < -0.39 is 12.0 Å². The number of aromatic hydroxyl groups is 1. The van der Waals surface area contributed by atoms with Crippen LogP contribution in [0.4, 0.5) is 10.5 Å². The van der Waals surface area contributed by atoms with Crippen molar-refractivity contribution in [3.05, 3.63) is 22.2 Å². The van der Waals surface area contributed by atoms with Crippen LogP contribution in [-0.4, -0.2) is 29.9 Å². The lowest BCUT2D eigenvalue weighted by Gasteiger charge is -2.10. The first-order chi connectivity index (χ1) is 10.4. The zero-order chi connectivity index (χ0) is 16.7. The van der Waals surface area contributed by atoms with Gasteiger partial charge in [-0.15, -0.1) is 0 Å². The summed E-state index contributed by atoms with van der Waals surface area (Å²) < 4.78 is 4.50. The normalized spacial score (nSPS) is 10.1. The van der Waals surface area contributed by atoms with Gasteiger partial charge in [-0.3, -0.25) is 10.1 Å². The van der Waals surface area contributed by atoms with Crippen LogP contribution < -0.4 is 10.3 Å². The van der Waals surface area contributed by atoms with E-state index in [4.69, 9.17) is 28.5 Å². The van der Waals surface area contributed by atoms with Crippen molar-refractivity contribution in [3.63, 3.8) is 0 Å². The molecule has 22 heavy (non-hydrogen) atoms. The quantitative estimate of drug-likeness (QED) is 0.374. The Kier molecular flexibility index (Phi) is 6.44.